The van der Waals surface area contributed by atoms with Gasteiger partial charge in [-0.05, 0) is 50.1 Å². The van der Waals surface area contributed by atoms with Crippen molar-refractivity contribution in [2.24, 2.45) is 0 Å². The van der Waals surface area contributed by atoms with E-state index < -0.39 is 21.9 Å². The van der Waals surface area contributed by atoms with Gasteiger partial charge >= 0.3 is 0 Å². The lowest BCUT2D eigenvalue weighted by atomic mass is 10.1. The summed E-state index contributed by atoms with van der Waals surface area (Å²) in [6.07, 6.45) is 1.33. The van der Waals surface area contributed by atoms with Crippen LogP contribution in [-0.4, -0.2) is 57.3 Å². The van der Waals surface area contributed by atoms with Crippen LogP contribution in [-0.2, 0) is 26.2 Å². The normalized spacial score (nSPS) is 13.3. The lowest BCUT2D eigenvalue weighted by Crippen LogP contribution is -2.47. The van der Waals surface area contributed by atoms with Crippen LogP contribution < -0.4 is 19.1 Å². The van der Waals surface area contributed by atoms with E-state index >= 15 is 0 Å². The lowest BCUT2D eigenvalue weighted by Gasteiger charge is -2.29. The highest BCUT2D eigenvalue weighted by atomic mass is 32.2. The average molecular weight is 508 g/mol. The molecule has 0 spiro atoms. The topological polar surface area (TPSA) is 105 Å². The van der Waals surface area contributed by atoms with Crippen molar-refractivity contribution in [2.75, 3.05) is 30.4 Å². The molecule has 3 rings (SSSR count). The summed E-state index contributed by atoms with van der Waals surface area (Å²) < 4.78 is 50.0. The molecular weight excluding hydrogens is 477 g/mol. The van der Waals surface area contributed by atoms with Gasteiger partial charge in [0.15, 0.2) is 11.5 Å². The van der Waals surface area contributed by atoms with Crippen molar-refractivity contribution in [3.8, 4) is 11.5 Å². The van der Waals surface area contributed by atoms with Crippen molar-refractivity contribution in [3.05, 3.63) is 53.8 Å². The van der Waals surface area contributed by atoms with Gasteiger partial charge in [0.05, 0.1) is 11.9 Å². The van der Waals surface area contributed by atoms with Gasteiger partial charge in [-0.3, -0.25) is 13.9 Å². The van der Waals surface area contributed by atoms with Gasteiger partial charge in [0.2, 0.25) is 28.6 Å². The first kappa shape index (κ1) is 26.3. The number of hydrogen-bond acceptors (Lipinski definition) is 6. The molecule has 2 amide bonds. The number of anilines is 1. The average Bonchev–Trinajstić information content (AvgIpc) is 3.28. The van der Waals surface area contributed by atoms with Crippen molar-refractivity contribution in [1.29, 1.82) is 0 Å². The Morgan fingerprint density at radius 1 is 1.11 bits per heavy atom. The number of ether oxygens (including phenoxy) is 2. The molecule has 0 radical (unpaired) electrons. The van der Waals surface area contributed by atoms with Crippen LogP contribution >= 0.6 is 0 Å². The maximum Gasteiger partial charge on any atom is 0.242 e. The fourth-order valence-corrected chi connectivity index (χ4v) is 4.69. The summed E-state index contributed by atoms with van der Waals surface area (Å²) in [5.74, 6) is -0.0253. The molecule has 2 aromatic rings. The van der Waals surface area contributed by atoms with E-state index in [0.717, 1.165) is 6.26 Å². The predicted octanol–water partition coefficient (Wildman–Crippen LogP) is 2.65. The standard InChI is InChI=1S/C24H30FN3O6S/c1-4-26-24(30)17(2)27(15-18-7-9-19(25)10-8-18)23(29)6-5-13-28(35(3,31)32)20-11-12-21-22(14-20)34-16-33-21/h7-12,14,17H,4-6,13,15-16H2,1-3H3,(H,26,30). The van der Waals surface area contributed by atoms with Crippen LogP contribution in [0.3, 0.4) is 0 Å². The number of sulfonamides is 1. The van der Waals surface area contributed by atoms with Crippen LogP contribution in [0.1, 0.15) is 32.3 Å². The summed E-state index contributed by atoms with van der Waals surface area (Å²) in [6, 6.07) is 9.80. The number of likely N-dealkylation sites (N-methyl/N-ethyl adjacent to an activating group) is 1. The minimum absolute atomic E-state index is 0.0154. The van der Waals surface area contributed by atoms with E-state index in [4.69, 9.17) is 9.47 Å². The Morgan fingerprint density at radius 2 is 1.80 bits per heavy atom. The maximum atomic E-state index is 13.3. The number of hydrogen-bond donors (Lipinski definition) is 1. The highest BCUT2D eigenvalue weighted by molar-refractivity contribution is 7.92. The van der Waals surface area contributed by atoms with Crippen LogP contribution in [0.2, 0.25) is 0 Å². The number of amides is 2. The zero-order valence-corrected chi connectivity index (χ0v) is 20.8. The Morgan fingerprint density at radius 3 is 2.46 bits per heavy atom. The van der Waals surface area contributed by atoms with Gasteiger partial charge in [-0.1, -0.05) is 12.1 Å². The number of nitrogens with one attached hydrogen (secondary N) is 1. The maximum absolute atomic E-state index is 13.3. The molecule has 0 aromatic heterocycles. The third kappa shape index (κ3) is 6.84. The van der Waals surface area contributed by atoms with Gasteiger partial charge < -0.3 is 19.7 Å². The summed E-state index contributed by atoms with van der Waals surface area (Å²) in [5, 5.41) is 2.71. The van der Waals surface area contributed by atoms with Gasteiger partial charge in [0, 0.05) is 32.1 Å². The fraction of sp³-hybridized carbons (Fsp3) is 0.417. The van der Waals surface area contributed by atoms with E-state index in [9.17, 15) is 22.4 Å². The molecule has 1 N–H and O–H groups in total. The zero-order valence-electron chi connectivity index (χ0n) is 20.0. The third-order valence-electron chi connectivity index (χ3n) is 5.58. The van der Waals surface area contributed by atoms with Gasteiger partial charge in [-0.25, -0.2) is 12.8 Å². The third-order valence-corrected chi connectivity index (χ3v) is 6.77. The first-order valence-electron chi connectivity index (χ1n) is 11.3. The number of nitrogens with zero attached hydrogens (tertiary/aromatic N) is 2. The second kappa shape index (κ2) is 11.4. The van der Waals surface area contributed by atoms with Gasteiger partial charge in [-0.2, -0.15) is 0 Å². The van der Waals surface area contributed by atoms with Crippen molar-refractivity contribution in [2.45, 2.75) is 39.3 Å². The molecule has 9 nitrogen and oxygen atoms in total. The summed E-state index contributed by atoms with van der Waals surface area (Å²) in [4.78, 5) is 27.0. The zero-order chi connectivity index (χ0) is 25.6. The fourth-order valence-electron chi connectivity index (χ4n) is 3.74. The summed E-state index contributed by atoms with van der Waals surface area (Å²) in [6.45, 7) is 4.08. The van der Waals surface area contributed by atoms with Gasteiger partial charge in [-0.15, -0.1) is 0 Å². The van der Waals surface area contributed by atoms with Crippen molar-refractivity contribution < 1.29 is 31.9 Å². The van der Waals surface area contributed by atoms with Crippen molar-refractivity contribution in [3.63, 3.8) is 0 Å². The second-order valence-electron chi connectivity index (χ2n) is 8.19. The molecular formula is C24H30FN3O6S. The van der Waals surface area contributed by atoms with Gasteiger partial charge in [0.25, 0.3) is 0 Å². The summed E-state index contributed by atoms with van der Waals surface area (Å²) in [7, 11) is -3.63. The number of benzene rings is 2. The van der Waals surface area contributed by atoms with Crippen molar-refractivity contribution >= 4 is 27.5 Å². The number of carbonyl (C=O) groups excluding carboxylic acids is 2. The summed E-state index contributed by atoms with van der Waals surface area (Å²) >= 11 is 0. The van der Waals surface area contributed by atoms with Gasteiger partial charge in [0.1, 0.15) is 11.9 Å². The Hall–Kier alpha value is -3.34. The molecule has 11 heteroatoms. The van der Waals surface area contributed by atoms with Crippen LogP contribution in [0.5, 0.6) is 11.5 Å². The Kier molecular flexibility index (Phi) is 8.55. The van der Waals surface area contributed by atoms with Crippen LogP contribution in [0.15, 0.2) is 42.5 Å². The SMILES string of the molecule is CCNC(=O)C(C)N(Cc1ccc(F)cc1)C(=O)CCCN(c1ccc2c(c1)OCO2)S(C)(=O)=O. The molecule has 1 aliphatic rings. The molecule has 0 fully saturated rings. The van der Waals surface area contributed by atoms with E-state index in [2.05, 4.69) is 5.32 Å². The molecule has 190 valence electrons. The van der Waals surface area contributed by atoms with E-state index in [1.165, 1.54) is 21.3 Å². The van der Waals surface area contributed by atoms with Crippen molar-refractivity contribution in [1.82, 2.24) is 10.2 Å². The molecule has 1 aliphatic heterocycles. The number of halogens is 1. The number of carbonyl (C=O) groups is 2. The van der Waals surface area contributed by atoms with Crippen LogP contribution in [0.25, 0.3) is 0 Å². The van der Waals surface area contributed by atoms with Crippen LogP contribution in [0, 0.1) is 5.82 Å². The number of fused-ring (bicyclic) bond motifs is 1. The van der Waals surface area contributed by atoms with E-state index in [0.29, 0.717) is 29.3 Å². The number of rotatable bonds is 11. The minimum atomic E-state index is -3.63. The largest absolute Gasteiger partial charge is 0.454 e. The Balaban J connectivity index is 1.71. The predicted molar refractivity (Wildman–Crippen MR) is 129 cm³/mol. The highest BCUT2D eigenvalue weighted by Crippen LogP contribution is 2.36. The molecule has 0 bridgehead atoms. The minimum Gasteiger partial charge on any atom is -0.454 e. The van der Waals surface area contributed by atoms with E-state index in [1.54, 1.807) is 44.2 Å². The molecule has 0 saturated carbocycles. The molecule has 1 atom stereocenters. The quantitative estimate of drug-likeness (QED) is 0.501. The van der Waals surface area contributed by atoms with E-state index in [1.807, 2.05) is 0 Å². The Labute approximate surface area is 204 Å². The molecule has 0 saturated heterocycles. The lowest BCUT2D eigenvalue weighted by molar-refractivity contribution is -0.140. The Bertz CT molecular complexity index is 1160. The second-order valence-corrected chi connectivity index (χ2v) is 10.1. The molecule has 0 aliphatic carbocycles. The monoisotopic (exact) mass is 507 g/mol. The first-order chi connectivity index (χ1) is 16.6. The smallest absolute Gasteiger partial charge is 0.242 e. The van der Waals surface area contributed by atoms with Crippen LogP contribution in [0.4, 0.5) is 10.1 Å². The summed E-state index contributed by atoms with van der Waals surface area (Å²) in [5.41, 5.74) is 1.08. The molecule has 2 aromatic carbocycles. The molecule has 35 heavy (non-hydrogen) atoms. The van der Waals surface area contributed by atoms with E-state index in [-0.39, 0.29) is 44.5 Å². The highest BCUT2D eigenvalue weighted by Gasteiger charge is 2.27. The molecule has 1 unspecified atom stereocenters. The molecule has 1 heterocycles. The first-order valence-corrected chi connectivity index (χ1v) is 13.1.